The topological polar surface area (TPSA) is 81.5 Å². The normalized spacial score (nSPS) is 17.7. The van der Waals surface area contributed by atoms with Crippen LogP contribution in [0.3, 0.4) is 0 Å². The summed E-state index contributed by atoms with van der Waals surface area (Å²) in [5.74, 6) is 1.15. The maximum absolute atomic E-state index is 12.5. The molecule has 0 unspecified atom stereocenters. The van der Waals surface area contributed by atoms with Crippen molar-refractivity contribution < 1.29 is 28.7 Å². The lowest BCUT2D eigenvalue weighted by molar-refractivity contribution is -0.917. The molecular weight excluding hydrogens is 350 g/mol. The SMILES string of the molecule is COC(=O)[C@@H](NC(=O)N1CC[NH+](Cc2ccc3c(c2)OCO3)CC1)C(C)C. The Morgan fingerprint density at radius 3 is 2.59 bits per heavy atom. The van der Waals surface area contributed by atoms with Crippen LogP contribution in [0.15, 0.2) is 18.2 Å². The molecule has 2 heterocycles. The molecule has 1 fully saturated rings. The molecule has 27 heavy (non-hydrogen) atoms. The molecule has 8 heteroatoms. The minimum absolute atomic E-state index is 0.0284. The average Bonchev–Trinajstić information content (AvgIpc) is 3.13. The fourth-order valence-corrected chi connectivity index (χ4v) is 3.39. The Balaban J connectivity index is 1.49. The lowest BCUT2D eigenvalue weighted by atomic mass is 10.1. The van der Waals surface area contributed by atoms with Crippen LogP contribution in [0, 0.1) is 5.92 Å². The highest BCUT2D eigenvalue weighted by molar-refractivity contribution is 5.83. The van der Waals surface area contributed by atoms with Gasteiger partial charge in [-0.1, -0.05) is 13.8 Å². The van der Waals surface area contributed by atoms with E-state index in [9.17, 15) is 9.59 Å². The number of urea groups is 1. The summed E-state index contributed by atoms with van der Waals surface area (Å²) in [5, 5.41) is 2.80. The summed E-state index contributed by atoms with van der Waals surface area (Å²) in [6.07, 6.45) is 0. The third-order valence-corrected chi connectivity index (χ3v) is 5.05. The zero-order chi connectivity index (χ0) is 19.4. The molecule has 148 valence electrons. The summed E-state index contributed by atoms with van der Waals surface area (Å²) in [6, 6.07) is 5.20. The number of esters is 1. The van der Waals surface area contributed by atoms with Crippen LogP contribution in [0.25, 0.3) is 0 Å². The zero-order valence-electron chi connectivity index (χ0n) is 16.1. The second-order valence-electron chi connectivity index (χ2n) is 7.30. The number of nitrogens with one attached hydrogen (secondary N) is 2. The Morgan fingerprint density at radius 1 is 1.22 bits per heavy atom. The summed E-state index contributed by atoms with van der Waals surface area (Å²) in [5.41, 5.74) is 1.19. The number of hydrogen-bond acceptors (Lipinski definition) is 5. The van der Waals surface area contributed by atoms with Crippen molar-refractivity contribution in [3.8, 4) is 11.5 Å². The molecule has 0 radical (unpaired) electrons. The molecule has 0 spiro atoms. The number of fused-ring (bicyclic) bond motifs is 1. The van der Waals surface area contributed by atoms with Crippen LogP contribution in [-0.2, 0) is 16.1 Å². The lowest BCUT2D eigenvalue weighted by Gasteiger charge is -2.33. The van der Waals surface area contributed by atoms with E-state index in [4.69, 9.17) is 14.2 Å². The van der Waals surface area contributed by atoms with Gasteiger partial charge in [-0.2, -0.15) is 0 Å². The highest BCUT2D eigenvalue weighted by atomic mass is 16.7. The molecule has 1 atom stereocenters. The molecule has 1 aromatic rings. The van der Waals surface area contributed by atoms with Gasteiger partial charge in [0.25, 0.3) is 0 Å². The van der Waals surface area contributed by atoms with Gasteiger partial charge >= 0.3 is 12.0 Å². The largest absolute Gasteiger partial charge is 0.467 e. The van der Waals surface area contributed by atoms with Gasteiger partial charge in [-0.15, -0.1) is 0 Å². The molecule has 0 aliphatic carbocycles. The van der Waals surface area contributed by atoms with Gasteiger partial charge in [-0.05, 0) is 24.1 Å². The molecule has 2 aliphatic rings. The molecule has 1 aromatic carbocycles. The number of amides is 2. The summed E-state index contributed by atoms with van der Waals surface area (Å²) in [4.78, 5) is 27.5. The van der Waals surface area contributed by atoms with Crippen LogP contribution in [0.1, 0.15) is 19.4 Å². The van der Waals surface area contributed by atoms with Gasteiger partial charge in [-0.25, -0.2) is 9.59 Å². The predicted octanol–water partition coefficient (Wildman–Crippen LogP) is 0.0230. The number of hydrogen-bond donors (Lipinski definition) is 2. The molecule has 2 aliphatic heterocycles. The summed E-state index contributed by atoms with van der Waals surface area (Å²) in [6.45, 7) is 7.93. The summed E-state index contributed by atoms with van der Waals surface area (Å²) in [7, 11) is 1.34. The number of nitrogens with zero attached hydrogens (tertiary/aromatic N) is 1. The van der Waals surface area contributed by atoms with Gasteiger partial charge in [0.15, 0.2) is 11.5 Å². The number of rotatable bonds is 5. The first kappa shape index (κ1) is 19.3. The van der Waals surface area contributed by atoms with Gasteiger partial charge in [-0.3, -0.25) is 0 Å². The summed E-state index contributed by atoms with van der Waals surface area (Å²) < 4.78 is 15.6. The van der Waals surface area contributed by atoms with Crippen molar-refractivity contribution in [3.05, 3.63) is 23.8 Å². The van der Waals surface area contributed by atoms with Gasteiger partial charge < -0.3 is 29.3 Å². The van der Waals surface area contributed by atoms with Crippen LogP contribution in [0.5, 0.6) is 11.5 Å². The first-order valence-electron chi connectivity index (χ1n) is 9.33. The lowest BCUT2D eigenvalue weighted by Crippen LogP contribution is -3.13. The standard InChI is InChI=1S/C19H27N3O5/c1-13(2)17(18(23)25-3)20-19(24)22-8-6-21(7-9-22)11-14-4-5-15-16(10-14)27-12-26-15/h4-5,10,13,17H,6-9,11-12H2,1-3H3,(H,20,24)/p+1/t17-/m0/s1. The van der Waals surface area contributed by atoms with E-state index in [1.807, 2.05) is 26.0 Å². The number of ether oxygens (including phenoxy) is 3. The van der Waals surface area contributed by atoms with Crippen molar-refractivity contribution in [3.63, 3.8) is 0 Å². The van der Waals surface area contributed by atoms with Gasteiger partial charge in [0.05, 0.1) is 33.3 Å². The van der Waals surface area contributed by atoms with E-state index < -0.39 is 12.0 Å². The van der Waals surface area contributed by atoms with Crippen LogP contribution < -0.4 is 19.7 Å². The highest BCUT2D eigenvalue weighted by Gasteiger charge is 2.30. The monoisotopic (exact) mass is 378 g/mol. The highest BCUT2D eigenvalue weighted by Crippen LogP contribution is 2.32. The summed E-state index contributed by atoms with van der Waals surface area (Å²) >= 11 is 0. The molecular formula is C19H28N3O5+. The smallest absolute Gasteiger partial charge is 0.328 e. The molecule has 3 rings (SSSR count). The Morgan fingerprint density at radius 2 is 1.93 bits per heavy atom. The molecule has 2 amide bonds. The van der Waals surface area contributed by atoms with Crippen molar-refractivity contribution in [2.45, 2.75) is 26.4 Å². The fraction of sp³-hybridized carbons (Fsp3) is 0.579. The predicted molar refractivity (Wildman–Crippen MR) is 97.7 cm³/mol. The second-order valence-corrected chi connectivity index (χ2v) is 7.30. The van der Waals surface area contributed by atoms with Crippen molar-refractivity contribution in [2.75, 3.05) is 40.1 Å². The maximum Gasteiger partial charge on any atom is 0.328 e. The van der Waals surface area contributed by atoms with E-state index in [1.54, 1.807) is 4.90 Å². The number of piperazine rings is 1. The first-order valence-corrected chi connectivity index (χ1v) is 9.33. The van der Waals surface area contributed by atoms with Gasteiger partial charge in [0.2, 0.25) is 6.79 Å². The molecule has 2 N–H and O–H groups in total. The van der Waals surface area contributed by atoms with E-state index >= 15 is 0 Å². The van der Waals surface area contributed by atoms with Crippen LogP contribution in [0.2, 0.25) is 0 Å². The molecule has 0 aromatic heterocycles. The number of carbonyl (C=O) groups excluding carboxylic acids is 2. The Kier molecular flexibility index (Phi) is 6.05. The number of carbonyl (C=O) groups is 2. The quantitative estimate of drug-likeness (QED) is 0.707. The van der Waals surface area contributed by atoms with Crippen LogP contribution >= 0.6 is 0 Å². The minimum atomic E-state index is -0.624. The average molecular weight is 378 g/mol. The van der Waals surface area contributed by atoms with E-state index in [-0.39, 0.29) is 18.7 Å². The van der Waals surface area contributed by atoms with E-state index in [0.717, 1.165) is 31.1 Å². The van der Waals surface area contributed by atoms with Crippen LogP contribution in [0.4, 0.5) is 4.79 Å². The van der Waals surface area contributed by atoms with E-state index in [1.165, 1.54) is 17.6 Å². The molecule has 0 saturated carbocycles. The Bertz CT molecular complexity index is 686. The van der Waals surface area contributed by atoms with Gasteiger partial charge in [0.1, 0.15) is 12.6 Å². The van der Waals surface area contributed by atoms with Crippen molar-refractivity contribution in [2.24, 2.45) is 5.92 Å². The third-order valence-electron chi connectivity index (χ3n) is 5.05. The first-order chi connectivity index (χ1) is 13.0. The minimum Gasteiger partial charge on any atom is -0.467 e. The molecule has 0 bridgehead atoms. The molecule has 8 nitrogen and oxygen atoms in total. The number of quaternary nitrogens is 1. The van der Waals surface area contributed by atoms with Crippen molar-refractivity contribution in [1.29, 1.82) is 0 Å². The van der Waals surface area contributed by atoms with E-state index in [2.05, 4.69) is 11.4 Å². The maximum atomic E-state index is 12.5. The zero-order valence-corrected chi connectivity index (χ0v) is 16.1. The second kappa shape index (κ2) is 8.47. The number of methoxy groups -OCH3 is 1. The van der Waals surface area contributed by atoms with Crippen LogP contribution in [-0.4, -0.2) is 63.0 Å². The Labute approximate surface area is 159 Å². The third kappa shape index (κ3) is 4.63. The fourth-order valence-electron chi connectivity index (χ4n) is 3.39. The van der Waals surface area contributed by atoms with Gasteiger partial charge in [0, 0.05) is 5.56 Å². The molecule has 1 saturated heterocycles. The number of benzene rings is 1. The van der Waals surface area contributed by atoms with E-state index in [0.29, 0.717) is 13.1 Å². The van der Waals surface area contributed by atoms with Crippen molar-refractivity contribution in [1.82, 2.24) is 10.2 Å². The Hall–Kier alpha value is -2.48. The van der Waals surface area contributed by atoms with Crippen molar-refractivity contribution >= 4 is 12.0 Å².